The van der Waals surface area contributed by atoms with Crippen LogP contribution in [0.15, 0.2) is 18.2 Å². The number of thiol groups is 1. The van der Waals surface area contributed by atoms with E-state index in [1.807, 2.05) is 18.2 Å². The molecule has 0 saturated heterocycles. The molecule has 0 bridgehead atoms. The van der Waals surface area contributed by atoms with Gasteiger partial charge < -0.3 is 5.11 Å². The molecular weight excluding hydrogens is 255 g/mol. The molecule has 5 heteroatoms. The highest BCUT2D eigenvalue weighted by Gasteiger charge is 1.97. The zero-order chi connectivity index (χ0) is 11.8. The maximum absolute atomic E-state index is 8.86. The van der Waals surface area contributed by atoms with Crippen molar-refractivity contribution in [3.63, 3.8) is 0 Å². The lowest BCUT2D eigenvalue weighted by Crippen LogP contribution is -1.81. The van der Waals surface area contributed by atoms with Crippen molar-refractivity contribution in [2.45, 2.75) is 19.8 Å². The molecule has 0 radical (unpaired) electrons. The summed E-state index contributed by atoms with van der Waals surface area (Å²) < 4.78 is 0. The molecule has 84 valence electrons. The molecule has 0 aromatic heterocycles. The van der Waals surface area contributed by atoms with Crippen molar-refractivity contribution in [2.24, 2.45) is 0 Å². The molecule has 0 aliphatic rings. The van der Waals surface area contributed by atoms with Crippen LogP contribution in [0.1, 0.15) is 18.9 Å². The summed E-state index contributed by atoms with van der Waals surface area (Å²) in [7, 11) is 0. The third-order valence-electron chi connectivity index (χ3n) is 1.52. The van der Waals surface area contributed by atoms with Gasteiger partial charge in [-0.1, -0.05) is 55.2 Å². The minimum atomic E-state index is -1.14. The Bertz CT molecular complexity index is 325. The first-order valence-electron chi connectivity index (χ1n) is 4.33. The van der Waals surface area contributed by atoms with Gasteiger partial charge in [-0.2, -0.15) is 0 Å². The number of carbonyl (C=O) groups is 1. The van der Waals surface area contributed by atoms with E-state index in [4.69, 9.17) is 33.1 Å². The topological polar surface area (TPSA) is 37.3 Å². The fourth-order valence-electron chi connectivity index (χ4n) is 0.984. The Hall–Kier alpha value is -0.380. The highest BCUT2D eigenvalue weighted by atomic mass is 35.5. The number of hydrogen-bond acceptors (Lipinski definition) is 1. The van der Waals surface area contributed by atoms with Gasteiger partial charge in [-0.25, -0.2) is 4.79 Å². The van der Waals surface area contributed by atoms with Crippen LogP contribution in [0.5, 0.6) is 0 Å². The van der Waals surface area contributed by atoms with Crippen LogP contribution in [-0.2, 0) is 6.42 Å². The van der Waals surface area contributed by atoms with Crippen molar-refractivity contribution in [1.82, 2.24) is 0 Å². The molecule has 0 atom stereocenters. The molecule has 2 nitrogen and oxygen atoms in total. The molecule has 0 aliphatic carbocycles. The largest absolute Gasteiger partial charge is 0.473 e. The standard InChI is InChI=1S/C9H10Cl2.CH2O2S/c1-2-3-7-4-5-8(10)9(11)6-7;2-1(3)4/h4-6H,2-3H2,1H3;4H,(H,2,3). The van der Waals surface area contributed by atoms with Gasteiger partial charge >= 0.3 is 5.30 Å². The van der Waals surface area contributed by atoms with Gasteiger partial charge in [0.1, 0.15) is 0 Å². The molecule has 1 aromatic rings. The molecule has 1 N–H and O–H groups in total. The summed E-state index contributed by atoms with van der Waals surface area (Å²) in [5.41, 5.74) is 1.25. The molecule has 0 spiro atoms. The van der Waals surface area contributed by atoms with Gasteiger partial charge in [0.15, 0.2) is 0 Å². The minimum Gasteiger partial charge on any atom is -0.473 e. The van der Waals surface area contributed by atoms with Gasteiger partial charge in [0.05, 0.1) is 10.0 Å². The summed E-state index contributed by atoms with van der Waals surface area (Å²) in [6.45, 7) is 2.14. The van der Waals surface area contributed by atoms with Crippen molar-refractivity contribution in [1.29, 1.82) is 0 Å². The van der Waals surface area contributed by atoms with E-state index in [-0.39, 0.29) is 0 Å². The van der Waals surface area contributed by atoms with Crippen molar-refractivity contribution in [3.8, 4) is 0 Å². The van der Waals surface area contributed by atoms with Gasteiger partial charge in [-0.3, -0.25) is 0 Å². The SMILES string of the molecule is CCCc1ccc(Cl)c(Cl)c1.O=C(O)S. The number of carboxylic acid groups (broad SMARTS) is 1. The van der Waals surface area contributed by atoms with Crippen LogP contribution in [0.4, 0.5) is 4.79 Å². The number of rotatable bonds is 2. The molecule has 0 heterocycles. The number of benzene rings is 1. The zero-order valence-corrected chi connectivity index (χ0v) is 10.6. The first-order valence-corrected chi connectivity index (χ1v) is 5.53. The number of halogens is 2. The van der Waals surface area contributed by atoms with Gasteiger partial charge in [0, 0.05) is 0 Å². The van der Waals surface area contributed by atoms with E-state index in [0.717, 1.165) is 12.8 Å². The average molecular weight is 267 g/mol. The van der Waals surface area contributed by atoms with Gasteiger partial charge in [0.2, 0.25) is 0 Å². The smallest absolute Gasteiger partial charge is 0.361 e. The molecule has 0 unspecified atom stereocenters. The summed E-state index contributed by atoms with van der Waals surface area (Å²) >= 11 is 14.4. The zero-order valence-electron chi connectivity index (χ0n) is 8.20. The molecule has 15 heavy (non-hydrogen) atoms. The van der Waals surface area contributed by atoms with Crippen LogP contribution in [0.25, 0.3) is 0 Å². The van der Waals surface area contributed by atoms with Crippen LogP contribution in [-0.4, -0.2) is 10.4 Å². The third-order valence-corrected chi connectivity index (χ3v) is 2.26. The summed E-state index contributed by atoms with van der Waals surface area (Å²) in [5.74, 6) is 0. The molecule has 0 amide bonds. The van der Waals surface area contributed by atoms with Crippen LogP contribution < -0.4 is 0 Å². The first-order chi connectivity index (χ1) is 6.97. The van der Waals surface area contributed by atoms with Crippen LogP contribution in [0.3, 0.4) is 0 Å². The van der Waals surface area contributed by atoms with Crippen LogP contribution >= 0.6 is 35.8 Å². The van der Waals surface area contributed by atoms with Crippen molar-refractivity contribution in [2.75, 3.05) is 0 Å². The molecular formula is C10H12Cl2O2S. The fraction of sp³-hybridized carbons (Fsp3) is 0.300. The lowest BCUT2D eigenvalue weighted by atomic mass is 10.1. The maximum Gasteiger partial charge on any atom is 0.361 e. The monoisotopic (exact) mass is 266 g/mol. The quantitative estimate of drug-likeness (QED) is 0.772. The summed E-state index contributed by atoms with van der Waals surface area (Å²) in [6.07, 6.45) is 2.20. The van der Waals surface area contributed by atoms with Crippen LogP contribution in [0, 0.1) is 0 Å². The third kappa shape index (κ3) is 7.54. The average Bonchev–Trinajstić information content (AvgIpc) is 2.11. The molecule has 1 aromatic carbocycles. The van der Waals surface area contributed by atoms with Crippen molar-refractivity contribution >= 4 is 41.1 Å². The number of hydrogen-bond donors (Lipinski definition) is 2. The lowest BCUT2D eigenvalue weighted by Gasteiger charge is -1.99. The second-order valence-corrected chi connectivity index (χ2v) is 3.98. The Kier molecular flexibility index (Phi) is 7.65. The Balaban J connectivity index is 0.000000423. The van der Waals surface area contributed by atoms with E-state index in [9.17, 15) is 0 Å². The van der Waals surface area contributed by atoms with Crippen molar-refractivity contribution in [3.05, 3.63) is 33.8 Å². The van der Waals surface area contributed by atoms with Gasteiger partial charge in [-0.05, 0) is 24.1 Å². The lowest BCUT2D eigenvalue weighted by molar-refractivity contribution is 0.222. The summed E-state index contributed by atoms with van der Waals surface area (Å²) in [4.78, 5) is 8.86. The van der Waals surface area contributed by atoms with E-state index >= 15 is 0 Å². The predicted molar refractivity (Wildman–Crippen MR) is 67.5 cm³/mol. The summed E-state index contributed by atoms with van der Waals surface area (Å²) in [6, 6.07) is 5.78. The highest BCUT2D eigenvalue weighted by Crippen LogP contribution is 2.22. The molecule has 0 aliphatic heterocycles. The van der Waals surface area contributed by atoms with Gasteiger partial charge in [0.25, 0.3) is 0 Å². The Morgan fingerprint density at radius 1 is 1.40 bits per heavy atom. The van der Waals surface area contributed by atoms with E-state index in [2.05, 4.69) is 19.6 Å². The van der Waals surface area contributed by atoms with E-state index in [0.29, 0.717) is 10.0 Å². The second-order valence-electron chi connectivity index (χ2n) is 2.78. The second kappa shape index (κ2) is 7.85. The summed E-state index contributed by atoms with van der Waals surface area (Å²) in [5, 5.41) is 7.42. The van der Waals surface area contributed by atoms with E-state index < -0.39 is 5.30 Å². The van der Waals surface area contributed by atoms with E-state index in [1.54, 1.807) is 0 Å². The van der Waals surface area contributed by atoms with E-state index in [1.165, 1.54) is 5.56 Å². The Morgan fingerprint density at radius 3 is 2.33 bits per heavy atom. The molecule has 0 saturated carbocycles. The first kappa shape index (κ1) is 14.6. The molecule has 1 rings (SSSR count). The minimum absolute atomic E-state index is 0.631. The number of aryl methyl sites for hydroxylation is 1. The normalized spacial score (nSPS) is 9.07. The Labute approximate surface area is 105 Å². The van der Waals surface area contributed by atoms with Gasteiger partial charge in [-0.15, -0.1) is 0 Å². The fourth-order valence-corrected chi connectivity index (χ4v) is 1.30. The Morgan fingerprint density at radius 2 is 1.93 bits per heavy atom. The highest BCUT2D eigenvalue weighted by molar-refractivity contribution is 7.96. The van der Waals surface area contributed by atoms with Crippen molar-refractivity contribution < 1.29 is 9.90 Å². The predicted octanol–water partition coefficient (Wildman–Crippen LogP) is 4.54. The molecule has 0 fully saturated rings. The maximum atomic E-state index is 8.86. The van der Waals surface area contributed by atoms with Crippen LogP contribution in [0.2, 0.25) is 10.0 Å².